The number of likely N-dealkylation sites (N-methyl/N-ethyl adjacent to an activating group) is 1. The van der Waals surface area contributed by atoms with Crippen LogP contribution >= 0.6 is 0 Å². The molecule has 21 heavy (non-hydrogen) atoms. The number of hydrogen-bond acceptors (Lipinski definition) is 4. The van der Waals surface area contributed by atoms with Gasteiger partial charge in [0.1, 0.15) is 5.54 Å². The Kier molecular flexibility index (Phi) is 5.35. The van der Waals surface area contributed by atoms with Crippen molar-refractivity contribution in [2.45, 2.75) is 24.9 Å². The third-order valence-corrected chi connectivity index (χ3v) is 4.73. The topological polar surface area (TPSA) is 42.3 Å². The second-order valence-corrected chi connectivity index (χ2v) is 6.01. The van der Waals surface area contributed by atoms with E-state index in [1.807, 2.05) is 37.4 Å². The molecule has 4 nitrogen and oxygen atoms in total. The lowest BCUT2D eigenvalue weighted by Crippen LogP contribution is -2.51. The fourth-order valence-electron chi connectivity index (χ4n) is 2.97. The molecule has 0 radical (unpaired) electrons. The third-order valence-electron chi connectivity index (χ3n) is 4.73. The van der Waals surface area contributed by atoms with Crippen molar-refractivity contribution in [1.29, 1.82) is 5.26 Å². The monoisotopic (exact) mass is 286 g/mol. The number of nitriles is 1. The fraction of sp³-hybridized carbons (Fsp3) is 0.588. The van der Waals surface area contributed by atoms with Gasteiger partial charge in [0.2, 0.25) is 0 Å². The van der Waals surface area contributed by atoms with Crippen molar-refractivity contribution in [3.8, 4) is 6.07 Å². The Morgan fingerprint density at radius 2 is 2.05 bits per heavy atom. The number of benzene rings is 1. The van der Waals surface area contributed by atoms with Crippen LogP contribution in [0.15, 0.2) is 30.3 Å². The van der Waals surface area contributed by atoms with Gasteiger partial charge in [0.05, 0.1) is 6.07 Å². The standard InChI is InChI=1S/C17H26N4/c1-15-13-21(12-11-20(15)3)10-9-17(14-18,19-2)16-7-5-4-6-8-16/h4-8,15,19H,9-13H2,1-3H3. The molecule has 0 saturated carbocycles. The molecular weight excluding hydrogens is 260 g/mol. The highest BCUT2D eigenvalue weighted by atomic mass is 15.3. The molecule has 2 unspecified atom stereocenters. The molecule has 1 saturated heterocycles. The van der Waals surface area contributed by atoms with Crippen molar-refractivity contribution in [2.24, 2.45) is 0 Å². The normalized spacial score (nSPS) is 23.4. The highest BCUT2D eigenvalue weighted by Gasteiger charge is 2.31. The molecule has 1 fully saturated rings. The molecule has 1 aliphatic heterocycles. The van der Waals surface area contributed by atoms with Gasteiger partial charge in [-0.25, -0.2) is 0 Å². The molecule has 1 N–H and O–H groups in total. The van der Waals surface area contributed by atoms with E-state index in [0.29, 0.717) is 6.04 Å². The van der Waals surface area contributed by atoms with Crippen LogP contribution in [0.1, 0.15) is 18.9 Å². The molecular formula is C17H26N4. The number of piperazine rings is 1. The Labute approximate surface area is 128 Å². The predicted octanol–water partition coefficient (Wildman–Crippen LogP) is 1.65. The summed E-state index contributed by atoms with van der Waals surface area (Å²) in [4.78, 5) is 4.86. The molecule has 2 rings (SSSR count). The van der Waals surface area contributed by atoms with Gasteiger partial charge in [-0.1, -0.05) is 30.3 Å². The largest absolute Gasteiger partial charge is 0.301 e. The number of nitrogens with zero attached hydrogens (tertiary/aromatic N) is 3. The maximum Gasteiger partial charge on any atom is 0.133 e. The van der Waals surface area contributed by atoms with E-state index in [-0.39, 0.29) is 0 Å². The van der Waals surface area contributed by atoms with Gasteiger partial charge in [0.25, 0.3) is 0 Å². The summed E-state index contributed by atoms with van der Waals surface area (Å²) in [6, 6.07) is 13.1. The van der Waals surface area contributed by atoms with Crippen LogP contribution in [0, 0.1) is 11.3 Å². The summed E-state index contributed by atoms with van der Waals surface area (Å²) >= 11 is 0. The van der Waals surface area contributed by atoms with Crippen molar-refractivity contribution in [1.82, 2.24) is 15.1 Å². The van der Waals surface area contributed by atoms with Gasteiger partial charge in [-0.15, -0.1) is 0 Å². The van der Waals surface area contributed by atoms with Crippen LogP contribution in [0.4, 0.5) is 0 Å². The average Bonchev–Trinajstić information content (AvgIpc) is 2.53. The lowest BCUT2D eigenvalue weighted by Gasteiger charge is -2.39. The zero-order valence-electron chi connectivity index (χ0n) is 13.3. The summed E-state index contributed by atoms with van der Waals surface area (Å²) in [6.07, 6.45) is 0.806. The van der Waals surface area contributed by atoms with Crippen LogP contribution in [0.5, 0.6) is 0 Å². The van der Waals surface area contributed by atoms with Crippen LogP contribution in [-0.4, -0.2) is 56.1 Å². The number of hydrogen-bond donors (Lipinski definition) is 1. The van der Waals surface area contributed by atoms with Crippen molar-refractivity contribution in [2.75, 3.05) is 40.3 Å². The lowest BCUT2D eigenvalue weighted by molar-refractivity contribution is 0.0991. The Morgan fingerprint density at radius 3 is 2.62 bits per heavy atom. The van der Waals surface area contributed by atoms with E-state index >= 15 is 0 Å². The molecule has 1 aliphatic rings. The quantitative estimate of drug-likeness (QED) is 0.894. The van der Waals surface area contributed by atoms with Crippen molar-refractivity contribution < 1.29 is 0 Å². The molecule has 114 valence electrons. The van der Waals surface area contributed by atoms with Crippen molar-refractivity contribution in [3.63, 3.8) is 0 Å². The molecule has 0 amide bonds. The molecule has 4 heteroatoms. The molecule has 0 aliphatic carbocycles. The SMILES string of the molecule is CNC(C#N)(CCN1CCN(C)C(C)C1)c1ccccc1. The van der Waals surface area contributed by atoms with Gasteiger partial charge in [-0.05, 0) is 33.0 Å². The molecule has 0 bridgehead atoms. The molecule has 1 aromatic carbocycles. The van der Waals surface area contributed by atoms with E-state index in [1.54, 1.807) is 0 Å². The molecule has 1 aromatic rings. The first-order valence-electron chi connectivity index (χ1n) is 7.69. The Bertz CT molecular complexity index is 481. The lowest BCUT2D eigenvalue weighted by atomic mass is 9.88. The summed E-state index contributed by atoms with van der Waals surface area (Å²) in [6.45, 7) is 6.48. The van der Waals surface area contributed by atoms with E-state index < -0.39 is 5.54 Å². The van der Waals surface area contributed by atoms with Gasteiger partial charge in [-0.3, -0.25) is 5.32 Å². The van der Waals surface area contributed by atoms with Crippen LogP contribution in [0.3, 0.4) is 0 Å². The second-order valence-electron chi connectivity index (χ2n) is 6.01. The smallest absolute Gasteiger partial charge is 0.133 e. The highest BCUT2D eigenvalue weighted by molar-refractivity contribution is 5.31. The fourth-order valence-corrected chi connectivity index (χ4v) is 2.97. The van der Waals surface area contributed by atoms with E-state index in [2.05, 4.69) is 35.2 Å². The number of rotatable bonds is 5. The first-order chi connectivity index (χ1) is 10.1. The van der Waals surface area contributed by atoms with Crippen LogP contribution in [-0.2, 0) is 5.54 Å². The Morgan fingerprint density at radius 1 is 1.33 bits per heavy atom. The zero-order valence-corrected chi connectivity index (χ0v) is 13.3. The van der Waals surface area contributed by atoms with Gasteiger partial charge in [-0.2, -0.15) is 5.26 Å². The second kappa shape index (κ2) is 7.04. The summed E-state index contributed by atoms with van der Waals surface area (Å²) in [5, 5.41) is 13.0. The molecule has 2 atom stereocenters. The molecule has 0 aromatic heterocycles. The van der Waals surface area contributed by atoms with Gasteiger partial charge in [0, 0.05) is 32.2 Å². The Hall–Kier alpha value is -1.41. The summed E-state index contributed by atoms with van der Waals surface area (Å²) < 4.78 is 0. The maximum atomic E-state index is 9.71. The number of nitrogens with one attached hydrogen (secondary N) is 1. The van der Waals surface area contributed by atoms with Gasteiger partial charge in [0.15, 0.2) is 0 Å². The average molecular weight is 286 g/mol. The maximum absolute atomic E-state index is 9.71. The predicted molar refractivity (Wildman–Crippen MR) is 85.9 cm³/mol. The van der Waals surface area contributed by atoms with E-state index in [4.69, 9.17) is 0 Å². The van der Waals surface area contributed by atoms with Crippen LogP contribution in [0.2, 0.25) is 0 Å². The van der Waals surface area contributed by atoms with E-state index in [0.717, 1.165) is 38.2 Å². The van der Waals surface area contributed by atoms with E-state index in [1.165, 1.54) is 0 Å². The van der Waals surface area contributed by atoms with Gasteiger partial charge >= 0.3 is 0 Å². The minimum Gasteiger partial charge on any atom is -0.301 e. The summed E-state index contributed by atoms with van der Waals surface area (Å²) in [7, 11) is 4.06. The zero-order chi connectivity index (χ0) is 15.3. The van der Waals surface area contributed by atoms with Crippen molar-refractivity contribution in [3.05, 3.63) is 35.9 Å². The molecule has 1 heterocycles. The first kappa shape index (κ1) is 16.0. The van der Waals surface area contributed by atoms with Crippen molar-refractivity contribution >= 4 is 0 Å². The molecule has 0 spiro atoms. The van der Waals surface area contributed by atoms with Gasteiger partial charge < -0.3 is 9.80 Å². The third kappa shape index (κ3) is 3.62. The minimum absolute atomic E-state index is 0.585. The first-order valence-corrected chi connectivity index (χ1v) is 7.69. The summed E-state index contributed by atoms with van der Waals surface area (Å²) in [5.74, 6) is 0. The highest BCUT2D eigenvalue weighted by Crippen LogP contribution is 2.24. The summed E-state index contributed by atoms with van der Waals surface area (Å²) in [5.41, 5.74) is 0.464. The van der Waals surface area contributed by atoms with Crippen LogP contribution < -0.4 is 5.32 Å². The van der Waals surface area contributed by atoms with Crippen LogP contribution in [0.25, 0.3) is 0 Å². The van der Waals surface area contributed by atoms with E-state index in [9.17, 15) is 5.26 Å². The minimum atomic E-state index is -0.589. The Balaban J connectivity index is 2.03.